The summed E-state index contributed by atoms with van der Waals surface area (Å²) >= 11 is 0. The highest BCUT2D eigenvalue weighted by Crippen LogP contribution is 2.65. The lowest BCUT2D eigenvalue weighted by molar-refractivity contribution is -0.186. The number of amides is 2. The van der Waals surface area contributed by atoms with Gasteiger partial charge in [0.05, 0.1) is 0 Å². The molecule has 0 spiro atoms. The van der Waals surface area contributed by atoms with Crippen molar-refractivity contribution in [2.45, 2.75) is 50.9 Å². The van der Waals surface area contributed by atoms with Crippen molar-refractivity contribution in [3.63, 3.8) is 0 Å². The van der Waals surface area contributed by atoms with E-state index in [1.54, 1.807) is 0 Å². The molecule has 106 valence electrons. The van der Waals surface area contributed by atoms with Crippen molar-refractivity contribution in [3.8, 4) is 0 Å². The summed E-state index contributed by atoms with van der Waals surface area (Å²) in [5.41, 5.74) is 2.49. The van der Waals surface area contributed by atoms with E-state index in [4.69, 9.17) is 9.57 Å². The molecule has 4 aliphatic rings. The second-order valence-electron chi connectivity index (χ2n) is 6.50. The van der Waals surface area contributed by atoms with Crippen LogP contribution in [0.4, 0.5) is 4.79 Å². The highest BCUT2D eigenvalue weighted by atomic mass is 16.8. The SMILES string of the molecule is O=C(NO[C@@H]1CCCCO1)NC1[C@@H]2[C@H]3CC[C@@H](C3)[C@@H]12. The number of hydrogen-bond donors (Lipinski definition) is 2. The first-order valence-electron chi connectivity index (χ1n) is 7.66. The zero-order valence-corrected chi connectivity index (χ0v) is 11.1. The van der Waals surface area contributed by atoms with Gasteiger partial charge in [0.25, 0.3) is 0 Å². The standard InChI is InChI=1S/C14H22N2O3/c17-14(16-19-10-3-1-2-6-18-10)15-13-11-8-4-5-9(7-8)12(11)13/h8-13H,1-7H2,(H2,15,16,17)/t8-,9-,10+,11+,12+/m0/s1. The summed E-state index contributed by atoms with van der Waals surface area (Å²) < 4.78 is 5.40. The van der Waals surface area contributed by atoms with Gasteiger partial charge in [-0.05, 0) is 55.8 Å². The van der Waals surface area contributed by atoms with E-state index >= 15 is 0 Å². The minimum absolute atomic E-state index is 0.201. The fourth-order valence-electron chi connectivity index (χ4n) is 4.62. The lowest BCUT2D eigenvalue weighted by Gasteiger charge is -2.22. The van der Waals surface area contributed by atoms with Crippen molar-refractivity contribution in [2.75, 3.05) is 6.61 Å². The molecule has 0 aromatic heterocycles. The largest absolute Gasteiger partial charge is 0.350 e. The number of urea groups is 1. The maximum Gasteiger partial charge on any atom is 0.339 e. The number of rotatable bonds is 3. The van der Waals surface area contributed by atoms with Crippen LogP contribution in [0, 0.1) is 23.7 Å². The van der Waals surface area contributed by atoms with Crippen LogP contribution in [0.2, 0.25) is 0 Å². The molecule has 3 saturated carbocycles. The molecule has 0 aromatic rings. The van der Waals surface area contributed by atoms with E-state index in [1.165, 1.54) is 19.3 Å². The number of fused-ring (bicyclic) bond motifs is 5. The quantitative estimate of drug-likeness (QED) is 0.766. The lowest BCUT2D eigenvalue weighted by Crippen LogP contribution is -2.41. The van der Waals surface area contributed by atoms with Gasteiger partial charge < -0.3 is 10.1 Å². The Bertz CT molecular complexity index is 354. The monoisotopic (exact) mass is 266 g/mol. The Balaban J connectivity index is 1.21. The molecule has 3 aliphatic carbocycles. The third-order valence-electron chi connectivity index (χ3n) is 5.45. The van der Waals surface area contributed by atoms with E-state index < -0.39 is 0 Å². The molecule has 19 heavy (non-hydrogen) atoms. The molecular weight excluding hydrogens is 244 g/mol. The Morgan fingerprint density at radius 3 is 2.58 bits per heavy atom. The number of carbonyl (C=O) groups excluding carboxylic acids is 1. The van der Waals surface area contributed by atoms with Crippen molar-refractivity contribution in [1.29, 1.82) is 0 Å². The summed E-state index contributed by atoms with van der Waals surface area (Å²) in [7, 11) is 0. The van der Waals surface area contributed by atoms with Crippen LogP contribution in [-0.4, -0.2) is 25.0 Å². The van der Waals surface area contributed by atoms with Crippen molar-refractivity contribution in [1.82, 2.24) is 10.8 Å². The van der Waals surface area contributed by atoms with Crippen LogP contribution in [0.3, 0.4) is 0 Å². The molecule has 1 aliphatic heterocycles. The van der Waals surface area contributed by atoms with Crippen LogP contribution in [-0.2, 0) is 9.57 Å². The van der Waals surface area contributed by atoms with E-state index in [0.29, 0.717) is 6.04 Å². The first-order chi connectivity index (χ1) is 9.33. The average Bonchev–Trinajstić information content (AvgIpc) is 2.85. The van der Waals surface area contributed by atoms with Crippen LogP contribution in [0.15, 0.2) is 0 Å². The van der Waals surface area contributed by atoms with Gasteiger partial charge in [-0.1, -0.05) is 0 Å². The molecule has 2 N–H and O–H groups in total. The summed E-state index contributed by atoms with van der Waals surface area (Å²) in [6, 6.07) is 0.204. The first kappa shape index (κ1) is 12.0. The molecule has 4 rings (SSSR count). The topological polar surface area (TPSA) is 59.6 Å². The number of hydrogen-bond acceptors (Lipinski definition) is 3. The van der Waals surface area contributed by atoms with Gasteiger partial charge in [0.2, 0.25) is 0 Å². The Kier molecular flexibility index (Phi) is 2.92. The molecule has 5 atom stereocenters. The van der Waals surface area contributed by atoms with Crippen molar-refractivity contribution in [3.05, 3.63) is 0 Å². The highest BCUT2D eigenvalue weighted by Gasteiger charge is 2.65. The molecule has 5 nitrogen and oxygen atoms in total. The Morgan fingerprint density at radius 1 is 1.11 bits per heavy atom. The Hall–Kier alpha value is -0.810. The number of nitrogens with one attached hydrogen (secondary N) is 2. The lowest BCUT2D eigenvalue weighted by atomic mass is 10.0. The fraction of sp³-hybridized carbons (Fsp3) is 0.929. The van der Waals surface area contributed by atoms with Gasteiger partial charge in [0, 0.05) is 19.1 Å². The summed E-state index contributed by atoms with van der Waals surface area (Å²) in [6.07, 6.45) is 6.93. The zero-order chi connectivity index (χ0) is 12.8. The van der Waals surface area contributed by atoms with Crippen LogP contribution < -0.4 is 10.8 Å². The Morgan fingerprint density at radius 2 is 1.89 bits per heavy atom. The number of ether oxygens (including phenoxy) is 1. The molecule has 4 fully saturated rings. The molecule has 0 aromatic carbocycles. The Labute approximate surface area is 113 Å². The van der Waals surface area contributed by atoms with Gasteiger partial charge in [-0.15, -0.1) is 0 Å². The van der Waals surface area contributed by atoms with E-state index in [2.05, 4.69) is 10.8 Å². The van der Waals surface area contributed by atoms with Crippen LogP contribution in [0.5, 0.6) is 0 Å². The molecule has 2 bridgehead atoms. The third-order valence-corrected chi connectivity index (χ3v) is 5.45. The molecule has 2 amide bonds. The van der Waals surface area contributed by atoms with Gasteiger partial charge in [-0.3, -0.25) is 0 Å². The van der Waals surface area contributed by atoms with E-state index in [9.17, 15) is 4.79 Å². The van der Waals surface area contributed by atoms with Crippen LogP contribution >= 0.6 is 0 Å². The predicted molar refractivity (Wildman–Crippen MR) is 67.9 cm³/mol. The minimum Gasteiger partial charge on any atom is -0.350 e. The molecule has 1 heterocycles. The minimum atomic E-state index is -0.269. The van der Waals surface area contributed by atoms with Gasteiger partial charge >= 0.3 is 6.03 Å². The van der Waals surface area contributed by atoms with Crippen molar-refractivity contribution < 1.29 is 14.4 Å². The van der Waals surface area contributed by atoms with Crippen LogP contribution in [0.25, 0.3) is 0 Å². The van der Waals surface area contributed by atoms with Gasteiger partial charge in [0.15, 0.2) is 6.29 Å². The summed E-state index contributed by atoms with van der Waals surface area (Å²) in [5, 5.41) is 3.07. The summed E-state index contributed by atoms with van der Waals surface area (Å²) in [5.74, 6) is 3.27. The summed E-state index contributed by atoms with van der Waals surface area (Å²) in [6.45, 7) is 0.726. The van der Waals surface area contributed by atoms with Gasteiger partial charge in [-0.25, -0.2) is 15.1 Å². The van der Waals surface area contributed by atoms with E-state index in [-0.39, 0.29) is 12.3 Å². The molecular formula is C14H22N2O3. The molecule has 1 saturated heterocycles. The fourth-order valence-corrected chi connectivity index (χ4v) is 4.62. The number of hydroxylamine groups is 1. The maximum absolute atomic E-state index is 11.8. The number of carbonyl (C=O) groups is 1. The normalized spacial score (nSPS) is 46.7. The highest BCUT2D eigenvalue weighted by molar-refractivity contribution is 5.73. The maximum atomic E-state index is 11.8. The first-order valence-corrected chi connectivity index (χ1v) is 7.66. The average molecular weight is 266 g/mol. The van der Waals surface area contributed by atoms with Crippen molar-refractivity contribution >= 4 is 6.03 Å². The van der Waals surface area contributed by atoms with Crippen molar-refractivity contribution in [2.24, 2.45) is 23.7 Å². The smallest absolute Gasteiger partial charge is 0.339 e. The van der Waals surface area contributed by atoms with Gasteiger partial charge in [0.1, 0.15) is 0 Å². The molecule has 5 heteroatoms. The molecule has 0 unspecified atom stereocenters. The summed E-state index contributed by atoms with van der Waals surface area (Å²) in [4.78, 5) is 17.1. The predicted octanol–water partition coefficient (Wildman–Crippen LogP) is 1.79. The second kappa shape index (κ2) is 4.63. The zero-order valence-electron chi connectivity index (χ0n) is 11.1. The van der Waals surface area contributed by atoms with Gasteiger partial charge in [-0.2, -0.15) is 0 Å². The molecule has 0 radical (unpaired) electrons. The van der Waals surface area contributed by atoms with Crippen LogP contribution in [0.1, 0.15) is 38.5 Å². The second-order valence-corrected chi connectivity index (χ2v) is 6.50. The third kappa shape index (κ3) is 2.13. The van der Waals surface area contributed by atoms with E-state index in [1.807, 2.05) is 0 Å². The van der Waals surface area contributed by atoms with E-state index in [0.717, 1.165) is 49.5 Å².